The minimum Gasteiger partial charge on any atom is -0.301 e. The molecular formula is C11H14N2. The average Bonchev–Trinajstić information content (AvgIpc) is 2.21. The van der Waals surface area contributed by atoms with E-state index in [0.717, 1.165) is 12.0 Å². The van der Waals surface area contributed by atoms with Gasteiger partial charge in [-0.25, -0.2) is 0 Å². The fourth-order valence-corrected chi connectivity index (χ4v) is 1.25. The summed E-state index contributed by atoms with van der Waals surface area (Å²) in [6, 6.07) is 10.1. The summed E-state index contributed by atoms with van der Waals surface area (Å²) in [5.41, 5.74) is 2.33. The van der Waals surface area contributed by atoms with Gasteiger partial charge in [0.05, 0.1) is 6.07 Å². The van der Waals surface area contributed by atoms with Gasteiger partial charge in [0.1, 0.15) is 6.04 Å². The lowest BCUT2D eigenvalue weighted by molar-refractivity contribution is 0.727. The first-order valence-corrected chi connectivity index (χ1v) is 4.47. The zero-order valence-corrected chi connectivity index (χ0v) is 8.04. The highest BCUT2D eigenvalue weighted by atomic mass is 14.9. The van der Waals surface area contributed by atoms with Gasteiger partial charge in [0, 0.05) is 0 Å². The molecule has 0 aliphatic heterocycles. The summed E-state index contributed by atoms with van der Waals surface area (Å²) < 4.78 is 0. The number of nitrogens with one attached hydrogen (secondary N) is 1. The maximum Gasteiger partial charge on any atom is 0.121 e. The van der Waals surface area contributed by atoms with Crippen LogP contribution in [0.15, 0.2) is 24.3 Å². The Kier molecular flexibility index (Phi) is 3.48. The van der Waals surface area contributed by atoms with Gasteiger partial charge in [-0.3, -0.25) is 0 Å². The molecule has 1 atom stereocenters. The van der Waals surface area contributed by atoms with Crippen LogP contribution in [0.25, 0.3) is 0 Å². The molecule has 68 valence electrons. The molecule has 2 heteroatoms. The van der Waals surface area contributed by atoms with Gasteiger partial charge in [0.15, 0.2) is 0 Å². The van der Waals surface area contributed by atoms with Crippen LogP contribution < -0.4 is 5.32 Å². The number of rotatable bonds is 3. The molecule has 0 saturated heterocycles. The second kappa shape index (κ2) is 4.64. The van der Waals surface area contributed by atoms with Crippen molar-refractivity contribution in [3.05, 3.63) is 35.4 Å². The predicted molar refractivity (Wildman–Crippen MR) is 53.2 cm³/mol. The predicted octanol–water partition coefficient (Wildman–Crippen LogP) is 2.03. The highest BCUT2D eigenvalue weighted by Crippen LogP contribution is 2.12. The summed E-state index contributed by atoms with van der Waals surface area (Å²) in [6.45, 7) is 2.12. The number of nitrogens with zero attached hydrogens (tertiary/aromatic N) is 1. The summed E-state index contributed by atoms with van der Waals surface area (Å²) in [5, 5.41) is 11.7. The van der Waals surface area contributed by atoms with E-state index in [1.807, 2.05) is 12.1 Å². The second-order valence-corrected chi connectivity index (χ2v) is 2.95. The van der Waals surface area contributed by atoms with Crippen LogP contribution in [0.4, 0.5) is 0 Å². The Morgan fingerprint density at radius 3 is 2.38 bits per heavy atom. The summed E-state index contributed by atoms with van der Waals surface area (Å²) in [7, 11) is 1.79. The van der Waals surface area contributed by atoms with E-state index < -0.39 is 0 Å². The number of aryl methyl sites for hydroxylation is 1. The lowest BCUT2D eigenvalue weighted by Crippen LogP contribution is -2.13. The monoisotopic (exact) mass is 174 g/mol. The fraction of sp³-hybridized carbons (Fsp3) is 0.364. The van der Waals surface area contributed by atoms with E-state index >= 15 is 0 Å². The van der Waals surface area contributed by atoms with Crippen molar-refractivity contribution in [1.82, 2.24) is 5.32 Å². The molecule has 0 saturated carbocycles. The lowest BCUT2D eigenvalue weighted by atomic mass is 10.1. The van der Waals surface area contributed by atoms with Crippen molar-refractivity contribution >= 4 is 0 Å². The van der Waals surface area contributed by atoms with Gasteiger partial charge in [0.2, 0.25) is 0 Å². The van der Waals surface area contributed by atoms with Crippen molar-refractivity contribution in [2.75, 3.05) is 7.05 Å². The third-order valence-corrected chi connectivity index (χ3v) is 2.14. The molecule has 0 radical (unpaired) electrons. The maximum absolute atomic E-state index is 8.79. The van der Waals surface area contributed by atoms with Crippen molar-refractivity contribution in [3.8, 4) is 6.07 Å². The number of hydrogen-bond acceptors (Lipinski definition) is 2. The van der Waals surface area contributed by atoms with Gasteiger partial charge in [-0.2, -0.15) is 5.26 Å². The standard InChI is InChI=1S/C11H14N2/c1-3-9-4-6-10(7-5-9)11(8-12)13-2/h4-7,11,13H,3H2,1-2H3/t11-/m0/s1. The Balaban J connectivity index is 2.86. The molecule has 1 aromatic rings. The van der Waals surface area contributed by atoms with E-state index in [0.29, 0.717) is 0 Å². The van der Waals surface area contributed by atoms with Gasteiger partial charge in [-0.05, 0) is 24.6 Å². The molecular weight excluding hydrogens is 160 g/mol. The molecule has 0 unspecified atom stereocenters. The molecule has 0 aliphatic carbocycles. The molecule has 0 aliphatic rings. The molecule has 0 heterocycles. The molecule has 1 N–H and O–H groups in total. The Bertz CT molecular complexity index is 295. The third kappa shape index (κ3) is 2.30. The number of benzene rings is 1. The molecule has 13 heavy (non-hydrogen) atoms. The van der Waals surface area contributed by atoms with Crippen LogP contribution in [-0.2, 0) is 6.42 Å². The van der Waals surface area contributed by atoms with Gasteiger partial charge >= 0.3 is 0 Å². The van der Waals surface area contributed by atoms with Crippen molar-refractivity contribution in [3.63, 3.8) is 0 Å². The van der Waals surface area contributed by atoms with E-state index in [4.69, 9.17) is 5.26 Å². The zero-order valence-electron chi connectivity index (χ0n) is 8.04. The smallest absolute Gasteiger partial charge is 0.121 e. The second-order valence-electron chi connectivity index (χ2n) is 2.95. The Hall–Kier alpha value is -1.33. The van der Waals surface area contributed by atoms with E-state index in [2.05, 4.69) is 30.4 Å². The molecule has 0 amide bonds. The topological polar surface area (TPSA) is 35.8 Å². The fourth-order valence-electron chi connectivity index (χ4n) is 1.25. The van der Waals surface area contributed by atoms with Crippen LogP contribution in [0.2, 0.25) is 0 Å². The minimum absolute atomic E-state index is 0.189. The number of nitriles is 1. The van der Waals surface area contributed by atoms with Crippen LogP contribution >= 0.6 is 0 Å². The van der Waals surface area contributed by atoms with Crippen molar-refractivity contribution in [2.45, 2.75) is 19.4 Å². The first kappa shape index (κ1) is 9.76. The normalized spacial score (nSPS) is 12.1. The lowest BCUT2D eigenvalue weighted by Gasteiger charge is -2.07. The van der Waals surface area contributed by atoms with E-state index in [1.165, 1.54) is 5.56 Å². The van der Waals surface area contributed by atoms with E-state index in [-0.39, 0.29) is 6.04 Å². The summed E-state index contributed by atoms with van der Waals surface area (Å²) in [4.78, 5) is 0. The molecule has 0 spiro atoms. The van der Waals surface area contributed by atoms with Gasteiger partial charge in [-0.1, -0.05) is 31.2 Å². The van der Waals surface area contributed by atoms with Gasteiger partial charge < -0.3 is 5.32 Å². The first-order valence-electron chi connectivity index (χ1n) is 4.47. The zero-order chi connectivity index (χ0) is 9.68. The molecule has 0 aromatic heterocycles. The largest absolute Gasteiger partial charge is 0.301 e. The highest BCUT2D eigenvalue weighted by molar-refractivity contribution is 5.28. The highest BCUT2D eigenvalue weighted by Gasteiger charge is 2.05. The summed E-state index contributed by atoms with van der Waals surface area (Å²) >= 11 is 0. The maximum atomic E-state index is 8.79. The molecule has 0 bridgehead atoms. The van der Waals surface area contributed by atoms with Gasteiger partial charge in [-0.15, -0.1) is 0 Å². The third-order valence-electron chi connectivity index (χ3n) is 2.14. The van der Waals surface area contributed by atoms with Crippen molar-refractivity contribution in [2.24, 2.45) is 0 Å². The Morgan fingerprint density at radius 1 is 1.38 bits per heavy atom. The average molecular weight is 174 g/mol. The Morgan fingerprint density at radius 2 is 2.00 bits per heavy atom. The van der Waals surface area contributed by atoms with Crippen LogP contribution in [0.5, 0.6) is 0 Å². The van der Waals surface area contributed by atoms with Crippen LogP contribution in [-0.4, -0.2) is 7.05 Å². The van der Waals surface area contributed by atoms with Crippen molar-refractivity contribution < 1.29 is 0 Å². The van der Waals surface area contributed by atoms with Crippen molar-refractivity contribution in [1.29, 1.82) is 5.26 Å². The first-order chi connectivity index (χ1) is 6.31. The molecule has 0 fully saturated rings. The van der Waals surface area contributed by atoms with Crippen LogP contribution in [0.1, 0.15) is 24.1 Å². The minimum atomic E-state index is -0.189. The van der Waals surface area contributed by atoms with Gasteiger partial charge in [0.25, 0.3) is 0 Å². The molecule has 2 nitrogen and oxygen atoms in total. The molecule has 1 aromatic carbocycles. The van der Waals surface area contributed by atoms with E-state index in [1.54, 1.807) is 7.05 Å². The van der Waals surface area contributed by atoms with Crippen LogP contribution in [0.3, 0.4) is 0 Å². The molecule has 1 rings (SSSR count). The quantitative estimate of drug-likeness (QED) is 0.761. The van der Waals surface area contributed by atoms with Crippen LogP contribution in [0, 0.1) is 11.3 Å². The summed E-state index contributed by atoms with van der Waals surface area (Å²) in [5.74, 6) is 0. The van der Waals surface area contributed by atoms with E-state index in [9.17, 15) is 0 Å². The number of hydrogen-bond donors (Lipinski definition) is 1. The SMILES string of the molecule is CCc1ccc([C@H](C#N)NC)cc1. The summed E-state index contributed by atoms with van der Waals surface area (Å²) in [6.07, 6.45) is 1.04. The Labute approximate surface area is 79.2 Å².